The largest absolute Gasteiger partial charge is 0.505 e. The molecule has 1 aliphatic rings. The SMILES string of the molecule is CC(C)[C@H]1NC(=O)[C@@H](C)[C@@H](O)[C@H](Cc2cccnc2)NC(=O)[C@@H](NC(=O)c2ncccc2O)[C@@H](C)OC1=O. The Balaban J connectivity index is 1.99. The van der Waals surface area contributed by atoms with Gasteiger partial charge in [0.05, 0.1) is 18.1 Å². The number of aromatic hydroxyl groups is 1. The number of aliphatic hydroxyl groups excluding tert-OH is 1. The molecule has 0 radical (unpaired) electrons. The molecule has 0 aliphatic carbocycles. The molecule has 5 N–H and O–H groups in total. The van der Waals surface area contributed by atoms with Crippen molar-refractivity contribution >= 4 is 23.7 Å². The van der Waals surface area contributed by atoms with Crippen molar-refractivity contribution in [3.8, 4) is 5.75 Å². The number of hydrogen-bond donors (Lipinski definition) is 5. The van der Waals surface area contributed by atoms with Gasteiger partial charge in [-0.05, 0) is 43.0 Å². The van der Waals surface area contributed by atoms with Gasteiger partial charge in [-0.2, -0.15) is 0 Å². The van der Waals surface area contributed by atoms with Gasteiger partial charge < -0.3 is 30.9 Å². The van der Waals surface area contributed by atoms with Crippen molar-refractivity contribution in [2.75, 3.05) is 0 Å². The lowest BCUT2D eigenvalue weighted by Gasteiger charge is -2.34. The second-order valence-corrected chi connectivity index (χ2v) is 9.65. The van der Waals surface area contributed by atoms with Crippen LogP contribution in [0.1, 0.15) is 43.7 Å². The first-order valence-electron chi connectivity index (χ1n) is 12.3. The lowest BCUT2D eigenvalue weighted by atomic mass is 9.91. The van der Waals surface area contributed by atoms with E-state index >= 15 is 0 Å². The highest BCUT2D eigenvalue weighted by molar-refractivity contribution is 5.98. The first-order valence-corrected chi connectivity index (χ1v) is 12.3. The number of aliphatic hydroxyl groups is 1. The first-order chi connectivity index (χ1) is 18.0. The van der Waals surface area contributed by atoms with Crippen LogP contribution in [-0.2, 0) is 25.5 Å². The van der Waals surface area contributed by atoms with Gasteiger partial charge in [0.25, 0.3) is 5.91 Å². The molecule has 2 aromatic heterocycles. The van der Waals surface area contributed by atoms with Crippen LogP contribution in [0, 0.1) is 11.8 Å². The predicted molar refractivity (Wildman–Crippen MR) is 135 cm³/mol. The van der Waals surface area contributed by atoms with Gasteiger partial charge in [0.15, 0.2) is 5.69 Å². The topological polar surface area (TPSA) is 180 Å². The fourth-order valence-corrected chi connectivity index (χ4v) is 4.09. The van der Waals surface area contributed by atoms with Gasteiger partial charge in [0.1, 0.15) is 23.9 Å². The van der Waals surface area contributed by atoms with Crippen LogP contribution >= 0.6 is 0 Å². The van der Waals surface area contributed by atoms with Crippen molar-refractivity contribution in [2.45, 2.75) is 64.4 Å². The van der Waals surface area contributed by atoms with Crippen LogP contribution < -0.4 is 16.0 Å². The van der Waals surface area contributed by atoms with Crippen molar-refractivity contribution < 1.29 is 34.1 Å². The first kappa shape index (κ1) is 28.5. The van der Waals surface area contributed by atoms with E-state index in [1.54, 1.807) is 38.4 Å². The van der Waals surface area contributed by atoms with Crippen LogP contribution in [0.2, 0.25) is 0 Å². The quantitative estimate of drug-likeness (QED) is 0.337. The molecule has 6 atom stereocenters. The second-order valence-electron chi connectivity index (χ2n) is 9.65. The molecule has 0 bridgehead atoms. The summed E-state index contributed by atoms with van der Waals surface area (Å²) in [5, 5.41) is 29.0. The summed E-state index contributed by atoms with van der Waals surface area (Å²) in [6.07, 6.45) is 2.04. The molecule has 2 aromatic rings. The van der Waals surface area contributed by atoms with Gasteiger partial charge in [0, 0.05) is 18.6 Å². The van der Waals surface area contributed by atoms with Gasteiger partial charge in [-0.3, -0.25) is 19.4 Å². The predicted octanol–water partition coefficient (Wildman–Crippen LogP) is 0.0912. The van der Waals surface area contributed by atoms with Crippen molar-refractivity contribution in [1.82, 2.24) is 25.9 Å². The molecular formula is C26H33N5O7. The zero-order chi connectivity index (χ0) is 28.0. The fourth-order valence-electron chi connectivity index (χ4n) is 4.09. The molecule has 1 aliphatic heterocycles. The minimum absolute atomic E-state index is 0.127. The molecule has 1 fully saturated rings. The van der Waals surface area contributed by atoms with Crippen LogP contribution in [-0.4, -0.2) is 74.2 Å². The molecule has 3 amide bonds. The normalized spacial score (nSPS) is 26.8. The van der Waals surface area contributed by atoms with E-state index in [4.69, 9.17) is 4.74 Å². The van der Waals surface area contributed by atoms with Gasteiger partial charge >= 0.3 is 5.97 Å². The molecule has 0 unspecified atom stereocenters. The number of carbonyl (C=O) groups is 4. The molecule has 12 heteroatoms. The molecule has 3 heterocycles. The highest BCUT2D eigenvalue weighted by atomic mass is 16.5. The van der Waals surface area contributed by atoms with Crippen LogP contribution in [0.25, 0.3) is 0 Å². The van der Waals surface area contributed by atoms with Crippen LogP contribution in [0.15, 0.2) is 42.9 Å². The third-order valence-corrected chi connectivity index (χ3v) is 6.40. The smallest absolute Gasteiger partial charge is 0.329 e. The van der Waals surface area contributed by atoms with Gasteiger partial charge in [-0.1, -0.05) is 26.8 Å². The molecule has 38 heavy (non-hydrogen) atoms. The molecule has 204 valence electrons. The maximum absolute atomic E-state index is 13.5. The summed E-state index contributed by atoms with van der Waals surface area (Å²) in [4.78, 5) is 60.3. The van der Waals surface area contributed by atoms with Gasteiger partial charge in [0.2, 0.25) is 11.8 Å². The third kappa shape index (κ3) is 6.82. The lowest BCUT2D eigenvalue weighted by Crippen LogP contribution is -2.61. The number of cyclic esters (lactones) is 1. The Hall–Kier alpha value is -4.06. The minimum Gasteiger partial charge on any atom is -0.505 e. The number of aromatic nitrogens is 2. The van der Waals surface area contributed by atoms with E-state index < -0.39 is 65.7 Å². The van der Waals surface area contributed by atoms with Gasteiger partial charge in [-0.25, -0.2) is 9.78 Å². The second kappa shape index (κ2) is 12.5. The number of nitrogens with one attached hydrogen (secondary N) is 3. The number of nitrogens with zero attached hydrogens (tertiary/aromatic N) is 2. The number of ether oxygens (including phenoxy) is 1. The van der Waals surface area contributed by atoms with E-state index in [1.165, 1.54) is 32.2 Å². The Kier molecular flexibility index (Phi) is 9.35. The summed E-state index contributed by atoms with van der Waals surface area (Å²) in [5.41, 5.74) is 0.368. The maximum Gasteiger partial charge on any atom is 0.329 e. The average Bonchev–Trinajstić information content (AvgIpc) is 2.88. The maximum atomic E-state index is 13.5. The van der Waals surface area contributed by atoms with Crippen LogP contribution in [0.4, 0.5) is 0 Å². The summed E-state index contributed by atoms with van der Waals surface area (Å²) in [5.74, 6) is -4.80. The summed E-state index contributed by atoms with van der Waals surface area (Å²) < 4.78 is 5.53. The zero-order valence-electron chi connectivity index (χ0n) is 21.6. The Bertz CT molecular complexity index is 1160. The van der Waals surface area contributed by atoms with Gasteiger partial charge in [-0.15, -0.1) is 0 Å². The molecule has 0 spiro atoms. The highest BCUT2D eigenvalue weighted by Gasteiger charge is 2.39. The van der Waals surface area contributed by atoms with Crippen molar-refractivity contribution in [2.24, 2.45) is 11.8 Å². The molecule has 0 aromatic carbocycles. The Morgan fingerprint density at radius 3 is 2.45 bits per heavy atom. The average molecular weight is 528 g/mol. The summed E-state index contributed by atoms with van der Waals surface area (Å²) in [6, 6.07) is 2.72. The number of hydrogen-bond acceptors (Lipinski definition) is 9. The van der Waals surface area contributed by atoms with E-state index in [9.17, 15) is 29.4 Å². The molecule has 12 nitrogen and oxygen atoms in total. The van der Waals surface area contributed by atoms with Crippen LogP contribution in [0.3, 0.4) is 0 Å². The molecule has 3 rings (SSSR count). The summed E-state index contributed by atoms with van der Waals surface area (Å²) >= 11 is 0. The number of amides is 3. The van der Waals surface area contributed by atoms with Crippen molar-refractivity contribution in [1.29, 1.82) is 0 Å². The fraction of sp³-hybridized carbons (Fsp3) is 0.462. The van der Waals surface area contributed by atoms with E-state index in [1.807, 2.05) is 0 Å². The minimum atomic E-state index is -1.42. The molecule has 1 saturated heterocycles. The summed E-state index contributed by atoms with van der Waals surface area (Å²) in [6.45, 7) is 6.33. The standard InChI is InChI=1S/C26H33N5O7/c1-13(2)19-26(37)38-15(4)20(31-25(36)21-18(32)8-6-10-28-21)24(35)29-17(11-16-7-5-9-27-12-16)22(33)14(3)23(34)30-19/h5-10,12-15,17,19-20,22,32-33H,11H2,1-4H3,(H,29,35)(H,30,34)(H,31,36)/t14-,15+,17-,19+,20-,22+/m0/s1. The zero-order valence-corrected chi connectivity index (χ0v) is 21.6. The Morgan fingerprint density at radius 2 is 1.82 bits per heavy atom. The monoisotopic (exact) mass is 527 g/mol. The number of rotatable bonds is 5. The number of carbonyl (C=O) groups excluding carboxylic acids is 4. The third-order valence-electron chi connectivity index (χ3n) is 6.40. The highest BCUT2D eigenvalue weighted by Crippen LogP contribution is 2.18. The number of pyridine rings is 2. The van der Waals surface area contributed by atoms with Crippen molar-refractivity contribution in [3.63, 3.8) is 0 Å². The summed E-state index contributed by atoms with van der Waals surface area (Å²) in [7, 11) is 0. The molecular weight excluding hydrogens is 494 g/mol. The van der Waals surface area contributed by atoms with E-state index in [0.29, 0.717) is 5.56 Å². The van der Waals surface area contributed by atoms with E-state index in [2.05, 4.69) is 25.9 Å². The Morgan fingerprint density at radius 1 is 1.11 bits per heavy atom. The lowest BCUT2D eigenvalue weighted by molar-refractivity contribution is -0.157. The number of esters is 1. The van der Waals surface area contributed by atoms with Crippen LogP contribution in [0.5, 0.6) is 5.75 Å². The van der Waals surface area contributed by atoms with E-state index in [-0.39, 0.29) is 18.0 Å². The van der Waals surface area contributed by atoms with Crippen molar-refractivity contribution in [3.05, 3.63) is 54.1 Å². The van der Waals surface area contributed by atoms with E-state index in [0.717, 1.165) is 0 Å². The Labute approximate surface area is 220 Å². The molecule has 0 saturated carbocycles.